The summed E-state index contributed by atoms with van der Waals surface area (Å²) >= 11 is 0. The fourth-order valence-corrected chi connectivity index (χ4v) is 4.31. The summed E-state index contributed by atoms with van der Waals surface area (Å²) in [5.74, 6) is 0.0424. The van der Waals surface area contributed by atoms with E-state index >= 15 is 0 Å². The lowest BCUT2D eigenvalue weighted by atomic mass is 9.96. The quantitative estimate of drug-likeness (QED) is 0.751. The van der Waals surface area contributed by atoms with Gasteiger partial charge < -0.3 is 19.9 Å². The minimum absolute atomic E-state index is 0.0834. The third-order valence-corrected chi connectivity index (χ3v) is 5.87. The van der Waals surface area contributed by atoms with Crippen LogP contribution in [0.4, 0.5) is 16.2 Å². The maximum absolute atomic E-state index is 12.6. The number of hydrogen-bond acceptors (Lipinski definition) is 5. The highest BCUT2D eigenvalue weighted by Gasteiger charge is 2.30. The number of nitrogens with zero attached hydrogens (tertiary/aromatic N) is 2. The minimum atomic E-state index is -3.43. The van der Waals surface area contributed by atoms with Crippen molar-refractivity contribution in [2.75, 3.05) is 49.6 Å². The van der Waals surface area contributed by atoms with Crippen molar-refractivity contribution in [1.29, 1.82) is 0 Å². The molecule has 9 nitrogen and oxygen atoms in total. The molecule has 10 heteroatoms. The number of nitrogens with one attached hydrogen (secondary N) is 2. The molecule has 2 N–H and O–H groups in total. The first-order valence-electron chi connectivity index (χ1n) is 9.77. The molecule has 0 unspecified atom stereocenters. The fourth-order valence-electron chi connectivity index (χ4n) is 3.74. The highest BCUT2D eigenvalue weighted by atomic mass is 32.2. The van der Waals surface area contributed by atoms with E-state index in [0.29, 0.717) is 43.1 Å². The van der Waals surface area contributed by atoms with E-state index in [4.69, 9.17) is 4.74 Å². The zero-order valence-electron chi connectivity index (χ0n) is 16.8. The second-order valence-corrected chi connectivity index (χ2v) is 9.27. The number of carbonyl (C=O) groups is 2. The number of urea groups is 1. The van der Waals surface area contributed by atoms with Gasteiger partial charge in [0.15, 0.2) is 0 Å². The lowest BCUT2D eigenvalue weighted by molar-refractivity contribution is -0.121. The predicted octanol–water partition coefficient (Wildman–Crippen LogP) is 1.93. The van der Waals surface area contributed by atoms with Gasteiger partial charge in [0.2, 0.25) is 15.9 Å². The number of hydrogen-bond donors (Lipinski definition) is 2. The number of rotatable bonds is 5. The van der Waals surface area contributed by atoms with Crippen molar-refractivity contribution in [3.8, 4) is 5.75 Å². The van der Waals surface area contributed by atoms with Crippen molar-refractivity contribution in [2.24, 2.45) is 5.92 Å². The molecule has 1 aromatic rings. The number of sulfonamides is 1. The number of likely N-dealkylation sites (tertiary alicyclic amines) is 2. The Morgan fingerprint density at radius 2 is 1.69 bits per heavy atom. The van der Waals surface area contributed by atoms with Crippen molar-refractivity contribution in [3.63, 3.8) is 0 Å². The minimum Gasteiger partial charge on any atom is -0.494 e. The molecular formula is C19H28N4O5S. The second kappa shape index (κ2) is 8.89. The van der Waals surface area contributed by atoms with Gasteiger partial charge in [0.1, 0.15) is 5.75 Å². The summed E-state index contributed by atoms with van der Waals surface area (Å²) in [6.45, 7) is 2.80. The zero-order chi connectivity index (χ0) is 21.0. The van der Waals surface area contributed by atoms with Crippen molar-refractivity contribution in [3.05, 3.63) is 18.2 Å². The molecule has 0 saturated carbocycles. The van der Waals surface area contributed by atoms with Crippen LogP contribution in [0.15, 0.2) is 18.2 Å². The highest BCUT2D eigenvalue weighted by Crippen LogP contribution is 2.29. The summed E-state index contributed by atoms with van der Waals surface area (Å²) in [4.78, 5) is 28.8. The fraction of sp³-hybridized carbons (Fsp3) is 0.579. The van der Waals surface area contributed by atoms with Crippen LogP contribution in [0.25, 0.3) is 0 Å². The molecular weight excluding hydrogens is 396 g/mol. The smallest absolute Gasteiger partial charge is 0.319 e. The molecule has 2 saturated heterocycles. The first-order valence-corrected chi connectivity index (χ1v) is 11.7. The van der Waals surface area contributed by atoms with Gasteiger partial charge >= 0.3 is 6.03 Å². The lowest BCUT2D eigenvalue weighted by Crippen LogP contribution is -2.47. The Bertz CT molecular complexity index is 859. The molecule has 3 rings (SSSR count). The summed E-state index contributed by atoms with van der Waals surface area (Å²) < 4.78 is 30.5. The predicted molar refractivity (Wildman–Crippen MR) is 111 cm³/mol. The molecule has 0 aliphatic carbocycles. The largest absolute Gasteiger partial charge is 0.494 e. The van der Waals surface area contributed by atoms with Crippen molar-refractivity contribution >= 4 is 33.3 Å². The normalized spacial score (nSPS) is 17.9. The van der Waals surface area contributed by atoms with Crippen LogP contribution < -0.4 is 14.8 Å². The van der Waals surface area contributed by atoms with E-state index in [9.17, 15) is 18.0 Å². The number of benzene rings is 1. The molecule has 3 amide bonds. The summed E-state index contributed by atoms with van der Waals surface area (Å²) in [7, 11) is -2.00. The van der Waals surface area contributed by atoms with Crippen LogP contribution in [0.2, 0.25) is 0 Å². The van der Waals surface area contributed by atoms with Crippen LogP contribution in [-0.2, 0) is 14.8 Å². The van der Waals surface area contributed by atoms with Gasteiger partial charge in [-0.15, -0.1) is 0 Å². The van der Waals surface area contributed by atoms with Crippen LogP contribution in [0.1, 0.15) is 25.7 Å². The molecule has 0 atom stereocenters. The standard InChI is InChI=1S/C19H28N4O5S/c1-28-17-13-15(5-6-16(17)21-29(2,26)27)20-18(24)14-7-11-23(12-8-14)19(25)22-9-3-4-10-22/h5-6,13-14,21H,3-4,7-12H2,1-2H3,(H,20,24). The summed E-state index contributed by atoms with van der Waals surface area (Å²) in [6, 6.07) is 4.84. The number of anilines is 2. The van der Waals surface area contributed by atoms with Crippen LogP contribution in [0.5, 0.6) is 5.75 Å². The first-order chi connectivity index (χ1) is 13.8. The Hall–Kier alpha value is -2.49. The van der Waals surface area contributed by atoms with Gasteiger partial charge in [-0.3, -0.25) is 9.52 Å². The molecule has 2 aliphatic rings. The van der Waals surface area contributed by atoms with Gasteiger partial charge in [0.25, 0.3) is 0 Å². The molecule has 160 valence electrons. The van der Waals surface area contributed by atoms with Crippen LogP contribution in [0, 0.1) is 5.92 Å². The van der Waals surface area contributed by atoms with Gasteiger partial charge in [-0.1, -0.05) is 0 Å². The van der Waals surface area contributed by atoms with Gasteiger partial charge in [0.05, 0.1) is 19.1 Å². The Labute approximate surface area is 171 Å². The Morgan fingerprint density at radius 1 is 1.07 bits per heavy atom. The van der Waals surface area contributed by atoms with E-state index in [0.717, 1.165) is 32.2 Å². The third kappa shape index (κ3) is 5.53. The van der Waals surface area contributed by atoms with E-state index in [1.165, 1.54) is 7.11 Å². The van der Waals surface area contributed by atoms with E-state index in [1.54, 1.807) is 18.2 Å². The maximum atomic E-state index is 12.6. The lowest BCUT2D eigenvalue weighted by Gasteiger charge is -2.34. The molecule has 0 bridgehead atoms. The average Bonchev–Trinajstić information content (AvgIpc) is 3.22. The van der Waals surface area contributed by atoms with Gasteiger partial charge in [-0.2, -0.15) is 0 Å². The Balaban J connectivity index is 1.56. The molecule has 0 radical (unpaired) electrons. The first kappa shape index (κ1) is 21.2. The molecule has 2 heterocycles. The van der Waals surface area contributed by atoms with Crippen molar-refractivity contribution < 1.29 is 22.7 Å². The van der Waals surface area contributed by atoms with Crippen molar-refractivity contribution in [2.45, 2.75) is 25.7 Å². The topological polar surface area (TPSA) is 108 Å². The van der Waals surface area contributed by atoms with E-state index in [2.05, 4.69) is 10.0 Å². The van der Waals surface area contributed by atoms with Gasteiger partial charge in [-0.05, 0) is 37.8 Å². The Morgan fingerprint density at radius 3 is 2.28 bits per heavy atom. The number of ether oxygens (including phenoxy) is 1. The molecule has 2 fully saturated rings. The Kier molecular flexibility index (Phi) is 6.51. The molecule has 29 heavy (non-hydrogen) atoms. The molecule has 1 aromatic carbocycles. The zero-order valence-corrected chi connectivity index (χ0v) is 17.6. The second-order valence-electron chi connectivity index (χ2n) is 7.52. The van der Waals surface area contributed by atoms with E-state index < -0.39 is 10.0 Å². The van der Waals surface area contributed by atoms with Crippen molar-refractivity contribution in [1.82, 2.24) is 9.80 Å². The summed E-state index contributed by atoms with van der Waals surface area (Å²) in [5, 5.41) is 2.87. The van der Waals surface area contributed by atoms with Gasteiger partial charge in [-0.25, -0.2) is 13.2 Å². The van der Waals surface area contributed by atoms with Crippen LogP contribution in [0.3, 0.4) is 0 Å². The summed E-state index contributed by atoms with van der Waals surface area (Å²) in [6.07, 6.45) is 4.43. The maximum Gasteiger partial charge on any atom is 0.319 e. The number of amides is 3. The van der Waals surface area contributed by atoms with E-state index in [1.807, 2.05) is 9.80 Å². The van der Waals surface area contributed by atoms with Crippen LogP contribution in [-0.4, -0.2) is 69.7 Å². The molecule has 0 aromatic heterocycles. The molecule has 0 spiro atoms. The van der Waals surface area contributed by atoms with Gasteiger partial charge in [0, 0.05) is 43.9 Å². The van der Waals surface area contributed by atoms with E-state index in [-0.39, 0.29) is 17.9 Å². The number of carbonyl (C=O) groups excluding carboxylic acids is 2. The number of piperidine rings is 1. The number of methoxy groups -OCH3 is 1. The summed E-state index contributed by atoms with van der Waals surface area (Å²) in [5.41, 5.74) is 0.836. The third-order valence-electron chi connectivity index (χ3n) is 5.28. The average molecular weight is 425 g/mol. The monoisotopic (exact) mass is 424 g/mol. The van der Waals surface area contributed by atoms with Crippen LogP contribution >= 0.6 is 0 Å². The molecule has 2 aliphatic heterocycles. The SMILES string of the molecule is COc1cc(NC(=O)C2CCN(C(=O)N3CCCC3)CC2)ccc1NS(C)(=O)=O. The highest BCUT2D eigenvalue weighted by molar-refractivity contribution is 7.92.